The van der Waals surface area contributed by atoms with Gasteiger partial charge in [-0.15, -0.1) is 0 Å². The second-order valence-corrected chi connectivity index (χ2v) is 5.94. The molecule has 1 N–H and O–H groups in total. The summed E-state index contributed by atoms with van der Waals surface area (Å²) in [6.07, 6.45) is 0.428. The molecule has 10 nitrogen and oxygen atoms in total. The Balaban J connectivity index is 2.08. The Morgan fingerprint density at radius 2 is 1.96 bits per heavy atom. The molecule has 1 amide bonds. The fraction of sp³-hybridized carbons (Fsp3) is 0.353. The quantitative estimate of drug-likeness (QED) is 0.447. The number of aromatic nitrogens is 2. The SMILES string of the molecule is COc1ccc(C(=O)O[C@@H](C)C(=O)Nc2ccnn2C(C)C)cc1[N+](=O)[O-]. The molecule has 0 aliphatic rings. The summed E-state index contributed by atoms with van der Waals surface area (Å²) in [7, 11) is 1.29. The Kier molecular flexibility index (Phi) is 6.11. The van der Waals surface area contributed by atoms with Gasteiger partial charge >= 0.3 is 11.7 Å². The van der Waals surface area contributed by atoms with Gasteiger partial charge in [-0.3, -0.25) is 14.9 Å². The maximum atomic E-state index is 12.3. The van der Waals surface area contributed by atoms with Crippen molar-refractivity contribution in [3.8, 4) is 5.75 Å². The zero-order valence-corrected chi connectivity index (χ0v) is 15.3. The number of methoxy groups -OCH3 is 1. The highest BCUT2D eigenvalue weighted by Gasteiger charge is 2.23. The van der Waals surface area contributed by atoms with Crippen LogP contribution >= 0.6 is 0 Å². The van der Waals surface area contributed by atoms with E-state index in [-0.39, 0.29) is 23.0 Å². The molecule has 0 unspecified atom stereocenters. The largest absolute Gasteiger partial charge is 0.490 e. The molecule has 0 fully saturated rings. The van der Waals surface area contributed by atoms with Gasteiger partial charge in [-0.1, -0.05) is 0 Å². The maximum absolute atomic E-state index is 12.3. The van der Waals surface area contributed by atoms with E-state index < -0.39 is 22.9 Å². The Morgan fingerprint density at radius 3 is 2.56 bits per heavy atom. The molecular formula is C17H20N4O6. The van der Waals surface area contributed by atoms with Crippen LogP contribution in [-0.2, 0) is 9.53 Å². The highest BCUT2D eigenvalue weighted by molar-refractivity contribution is 5.97. The molecule has 144 valence electrons. The Morgan fingerprint density at radius 1 is 1.26 bits per heavy atom. The van der Waals surface area contributed by atoms with Crippen molar-refractivity contribution >= 4 is 23.4 Å². The number of nitro groups is 1. The van der Waals surface area contributed by atoms with Crippen molar-refractivity contribution in [1.82, 2.24) is 9.78 Å². The number of anilines is 1. The average molecular weight is 376 g/mol. The Bertz CT molecular complexity index is 861. The van der Waals surface area contributed by atoms with Crippen LogP contribution in [0.4, 0.5) is 11.5 Å². The molecule has 0 saturated carbocycles. The topological polar surface area (TPSA) is 126 Å². The van der Waals surface area contributed by atoms with Gasteiger partial charge in [-0.05, 0) is 32.9 Å². The standard InChI is InChI=1S/C17H20N4O6/c1-10(2)20-15(7-8-18-20)19-16(22)11(3)27-17(23)12-5-6-14(26-4)13(9-12)21(24)25/h5-11H,1-4H3,(H,19,22)/t11-/m0/s1. The van der Waals surface area contributed by atoms with Crippen LogP contribution in [0.15, 0.2) is 30.5 Å². The van der Waals surface area contributed by atoms with Crippen LogP contribution in [0.2, 0.25) is 0 Å². The number of nitro benzene ring substituents is 1. The van der Waals surface area contributed by atoms with Crippen molar-refractivity contribution in [2.24, 2.45) is 0 Å². The van der Waals surface area contributed by atoms with E-state index in [4.69, 9.17) is 9.47 Å². The molecule has 1 heterocycles. The molecule has 0 saturated heterocycles. The second-order valence-electron chi connectivity index (χ2n) is 5.94. The lowest BCUT2D eigenvalue weighted by Crippen LogP contribution is -2.31. The normalized spacial score (nSPS) is 11.7. The summed E-state index contributed by atoms with van der Waals surface area (Å²) < 4.78 is 11.6. The number of carbonyl (C=O) groups excluding carboxylic acids is 2. The Labute approximate surface area is 155 Å². The van der Waals surface area contributed by atoms with Gasteiger partial charge in [0.1, 0.15) is 5.82 Å². The molecule has 0 aliphatic carbocycles. The van der Waals surface area contributed by atoms with E-state index in [1.54, 1.807) is 16.9 Å². The first kappa shape index (κ1) is 19.9. The van der Waals surface area contributed by atoms with Crippen LogP contribution in [0.3, 0.4) is 0 Å². The lowest BCUT2D eigenvalue weighted by atomic mass is 10.2. The highest BCUT2D eigenvalue weighted by atomic mass is 16.6. The highest BCUT2D eigenvalue weighted by Crippen LogP contribution is 2.28. The molecule has 0 radical (unpaired) electrons. The molecular weight excluding hydrogens is 356 g/mol. The minimum absolute atomic E-state index is 0.0179. The molecule has 10 heteroatoms. The van der Waals surface area contributed by atoms with Crippen molar-refractivity contribution < 1.29 is 24.0 Å². The van der Waals surface area contributed by atoms with Crippen molar-refractivity contribution in [3.63, 3.8) is 0 Å². The third-order valence-electron chi connectivity index (χ3n) is 3.67. The van der Waals surface area contributed by atoms with Crippen LogP contribution in [0.1, 0.15) is 37.2 Å². The van der Waals surface area contributed by atoms with E-state index in [1.807, 2.05) is 13.8 Å². The Hall–Kier alpha value is -3.43. The van der Waals surface area contributed by atoms with E-state index >= 15 is 0 Å². The molecule has 2 aromatic rings. The number of rotatable bonds is 7. The van der Waals surface area contributed by atoms with E-state index in [1.165, 1.54) is 26.2 Å². The predicted octanol–water partition coefficient (Wildman–Crippen LogP) is 2.56. The van der Waals surface area contributed by atoms with Gasteiger partial charge in [-0.2, -0.15) is 5.10 Å². The molecule has 0 aliphatic heterocycles. The number of amides is 1. The molecule has 1 aromatic heterocycles. The van der Waals surface area contributed by atoms with Crippen molar-refractivity contribution in [1.29, 1.82) is 0 Å². The van der Waals surface area contributed by atoms with E-state index in [2.05, 4.69) is 10.4 Å². The third-order valence-corrected chi connectivity index (χ3v) is 3.67. The number of carbonyl (C=O) groups is 2. The van der Waals surface area contributed by atoms with Crippen molar-refractivity contribution in [3.05, 3.63) is 46.1 Å². The summed E-state index contributed by atoms with van der Waals surface area (Å²) in [6, 6.07) is 5.32. The number of hydrogen-bond acceptors (Lipinski definition) is 7. The number of nitrogens with zero attached hydrogens (tertiary/aromatic N) is 3. The second kappa shape index (κ2) is 8.30. The van der Waals surface area contributed by atoms with Gasteiger partial charge in [0.05, 0.1) is 23.8 Å². The van der Waals surface area contributed by atoms with Crippen LogP contribution in [-0.4, -0.2) is 39.8 Å². The fourth-order valence-electron chi connectivity index (χ4n) is 2.29. The van der Waals surface area contributed by atoms with Gasteiger partial charge in [0.2, 0.25) is 0 Å². The molecule has 1 aromatic carbocycles. The fourth-order valence-corrected chi connectivity index (χ4v) is 2.29. The summed E-state index contributed by atoms with van der Waals surface area (Å²) in [6.45, 7) is 5.21. The number of hydrogen-bond donors (Lipinski definition) is 1. The van der Waals surface area contributed by atoms with Gasteiger partial charge < -0.3 is 14.8 Å². The zero-order valence-electron chi connectivity index (χ0n) is 15.3. The van der Waals surface area contributed by atoms with Gasteiger partial charge in [0, 0.05) is 18.2 Å². The van der Waals surface area contributed by atoms with E-state index in [9.17, 15) is 19.7 Å². The van der Waals surface area contributed by atoms with E-state index in [0.717, 1.165) is 6.07 Å². The van der Waals surface area contributed by atoms with Crippen LogP contribution < -0.4 is 10.1 Å². The molecule has 0 spiro atoms. The van der Waals surface area contributed by atoms with Gasteiger partial charge in [-0.25, -0.2) is 9.48 Å². The minimum atomic E-state index is -1.12. The third kappa shape index (κ3) is 4.60. The van der Waals surface area contributed by atoms with Crippen LogP contribution in [0, 0.1) is 10.1 Å². The average Bonchev–Trinajstić information content (AvgIpc) is 3.09. The summed E-state index contributed by atoms with van der Waals surface area (Å²) in [4.78, 5) is 34.9. The molecule has 1 atom stereocenters. The smallest absolute Gasteiger partial charge is 0.339 e. The van der Waals surface area contributed by atoms with Crippen molar-refractivity contribution in [2.75, 3.05) is 12.4 Å². The first-order chi connectivity index (χ1) is 12.7. The van der Waals surface area contributed by atoms with Crippen LogP contribution in [0.25, 0.3) is 0 Å². The van der Waals surface area contributed by atoms with E-state index in [0.29, 0.717) is 5.82 Å². The lowest BCUT2D eigenvalue weighted by molar-refractivity contribution is -0.385. The number of esters is 1. The molecule has 0 bridgehead atoms. The number of nitrogens with one attached hydrogen (secondary N) is 1. The van der Waals surface area contributed by atoms with Crippen LogP contribution in [0.5, 0.6) is 5.75 Å². The summed E-state index contributed by atoms with van der Waals surface area (Å²) in [5, 5.41) is 17.8. The number of benzene rings is 1. The summed E-state index contributed by atoms with van der Waals surface area (Å²) in [5.41, 5.74) is -0.431. The maximum Gasteiger partial charge on any atom is 0.339 e. The predicted molar refractivity (Wildman–Crippen MR) is 95.8 cm³/mol. The zero-order chi connectivity index (χ0) is 20.1. The monoisotopic (exact) mass is 376 g/mol. The summed E-state index contributed by atoms with van der Waals surface area (Å²) in [5.74, 6) is -0.920. The first-order valence-corrected chi connectivity index (χ1v) is 8.12. The minimum Gasteiger partial charge on any atom is -0.490 e. The summed E-state index contributed by atoms with van der Waals surface area (Å²) >= 11 is 0. The van der Waals surface area contributed by atoms with Gasteiger partial charge in [0.15, 0.2) is 11.9 Å². The first-order valence-electron chi connectivity index (χ1n) is 8.12. The molecule has 2 rings (SSSR count). The van der Waals surface area contributed by atoms with Gasteiger partial charge in [0.25, 0.3) is 5.91 Å². The molecule has 27 heavy (non-hydrogen) atoms. The number of ether oxygens (including phenoxy) is 2. The lowest BCUT2D eigenvalue weighted by Gasteiger charge is -2.15. The van der Waals surface area contributed by atoms with Crippen molar-refractivity contribution in [2.45, 2.75) is 32.9 Å².